The molecule has 0 aliphatic heterocycles. The van der Waals surface area contributed by atoms with Crippen molar-refractivity contribution in [2.45, 2.75) is 10.8 Å². The fourth-order valence-corrected chi connectivity index (χ4v) is 5.28. The molecule has 25 heavy (non-hydrogen) atoms. The van der Waals surface area contributed by atoms with Gasteiger partial charge in [-0.05, 0) is 11.4 Å². The van der Waals surface area contributed by atoms with Crippen molar-refractivity contribution in [3.63, 3.8) is 0 Å². The summed E-state index contributed by atoms with van der Waals surface area (Å²) < 4.78 is 10.6. The molecule has 0 unspecified atom stereocenters. The maximum atomic E-state index is 12.1. The number of thioether (sulfide) groups is 1. The molecule has 3 aromatic rings. The minimum Gasteiger partial charge on any atom is -0.465 e. The van der Waals surface area contributed by atoms with Gasteiger partial charge in [-0.1, -0.05) is 11.8 Å². The summed E-state index contributed by atoms with van der Waals surface area (Å²) in [6.45, 7) is 0. The van der Waals surface area contributed by atoms with Crippen LogP contribution in [0.15, 0.2) is 22.8 Å². The third kappa shape index (κ3) is 3.32. The molecule has 10 heteroatoms. The summed E-state index contributed by atoms with van der Waals surface area (Å²) in [5.41, 5.74) is 7.49. The minimum absolute atomic E-state index is 0.205. The number of anilines is 1. The maximum absolute atomic E-state index is 12.1. The van der Waals surface area contributed by atoms with Crippen LogP contribution in [0.1, 0.15) is 25.6 Å². The van der Waals surface area contributed by atoms with Crippen LogP contribution in [0.3, 0.4) is 0 Å². The molecule has 0 spiro atoms. The second-order valence-electron chi connectivity index (χ2n) is 4.73. The van der Waals surface area contributed by atoms with Gasteiger partial charge in [-0.25, -0.2) is 19.6 Å². The average Bonchev–Trinajstić information content (AvgIpc) is 3.23. The van der Waals surface area contributed by atoms with Crippen LogP contribution >= 0.6 is 34.4 Å². The number of carbonyl (C=O) groups is 2. The van der Waals surface area contributed by atoms with Crippen LogP contribution in [-0.2, 0) is 15.2 Å². The number of esters is 2. The number of nitrogens with zero attached hydrogens (tertiary/aromatic N) is 2. The molecule has 0 aliphatic rings. The number of nitrogen functional groups attached to an aromatic ring is 1. The lowest BCUT2D eigenvalue weighted by Crippen LogP contribution is -2.08. The highest BCUT2D eigenvalue weighted by molar-refractivity contribution is 7.98. The van der Waals surface area contributed by atoms with Crippen molar-refractivity contribution in [3.8, 4) is 0 Å². The Morgan fingerprint density at radius 3 is 2.72 bits per heavy atom. The van der Waals surface area contributed by atoms with E-state index < -0.39 is 11.9 Å². The molecule has 2 N–H and O–H groups in total. The molecule has 0 saturated carbocycles. The van der Waals surface area contributed by atoms with Crippen molar-refractivity contribution in [1.82, 2.24) is 9.97 Å². The van der Waals surface area contributed by atoms with Gasteiger partial charge in [-0.3, -0.25) is 0 Å². The summed E-state index contributed by atoms with van der Waals surface area (Å²) in [5.74, 6) is -0.790. The molecule has 0 radical (unpaired) electrons. The van der Waals surface area contributed by atoms with Crippen molar-refractivity contribution in [3.05, 3.63) is 33.8 Å². The zero-order chi connectivity index (χ0) is 18.0. The zero-order valence-corrected chi connectivity index (χ0v) is 15.7. The quantitative estimate of drug-likeness (QED) is 0.399. The number of hydrogen-bond acceptors (Lipinski definition) is 10. The van der Waals surface area contributed by atoms with E-state index >= 15 is 0 Å². The second kappa shape index (κ2) is 7.38. The third-order valence-electron chi connectivity index (χ3n) is 3.36. The highest BCUT2D eigenvalue weighted by Crippen LogP contribution is 2.38. The first-order valence-electron chi connectivity index (χ1n) is 6.95. The summed E-state index contributed by atoms with van der Waals surface area (Å²) in [7, 11) is 2.56. The zero-order valence-electron chi connectivity index (χ0n) is 13.3. The van der Waals surface area contributed by atoms with E-state index in [4.69, 9.17) is 15.2 Å². The van der Waals surface area contributed by atoms with Crippen molar-refractivity contribution >= 4 is 61.6 Å². The molecular weight excluding hydrogens is 382 g/mol. The lowest BCUT2D eigenvalue weighted by molar-refractivity contribution is 0.0601. The Kier molecular flexibility index (Phi) is 5.21. The molecule has 0 bridgehead atoms. The summed E-state index contributed by atoms with van der Waals surface area (Å²) in [6, 6.07) is 1.91. The van der Waals surface area contributed by atoms with Crippen molar-refractivity contribution in [2.75, 3.05) is 20.0 Å². The number of hydrogen-bond donors (Lipinski definition) is 1. The fourth-order valence-electron chi connectivity index (χ4n) is 2.22. The van der Waals surface area contributed by atoms with Crippen LogP contribution in [-0.4, -0.2) is 36.1 Å². The topological polar surface area (TPSA) is 104 Å². The average molecular weight is 395 g/mol. The number of methoxy groups -OCH3 is 2. The molecule has 0 aromatic carbocycles. The highest BCUT2D eigenvalue weighted by Gasteiger charge is 2.27. The van der Waals surface area contributed by atoms with Gasteiger partial charge in [0.1, 0.15) is 21.2 Å². The van der Waals surface area contributed by atoms with Crippen molar-refractivity contribution in [1.29, 1.82) is 0 Å². The first-order valence-corrected chi connectivity index (χ1v) is 9.63. The molecule has 130 valence electrons. The predicted molar refractivity (Wildman–Crippen MR) is 98.4 cm³/mol. The SMILES string of the molecule is COC(=O)c1sc(N)c(C(=O)OC)c1CSc1ncnc2ccsc12. The van der Waals surface area contributed by atoms with Gasteiger partial charge in [0.25, 0.3) is 0 Å². The van der Waals surface area contributed by atoms with Gasteiger partial charge in [-0.2, -0.15) is 0 Å². The Balaban J connectivity index is 1.99. The van der Waals surface area contributed by atoms with Gasteiger partial charge in [0.05, 0.1) is 30.0 Å². The normalized spacial score (nSPS) is 10.8. The van der Waals surface area contributed by atoms with Gasteiger partial charge < -0.3 is 15.2 Å². The molecule has 0 fully saturated rings. The van der Waals surface area contributed by atoms with Crippen LogP contribution in [0.25, 0.3) is 10.2 Å². The van der Waals surface area contributed by atoms with E-state index in [2.05, 4.69) is 9.97 Å². The number of ether oxygens (including phenoxy) is 2. The molecule has 3 rings (SSSR count). The standard InChI is InChI=1S/C15H13N3O4S3/c1-21-14(19)9-7(10(15(20)22-2)25-12(9)16)5-24-13-11-8(3-4-23-11)17-6-18-13/h3-4,6H,5,16H2,1-2H3. The van der Waals surface area contributed by atoms with E-state index in [1.54, 1.807) is 0 Å². The van der Waals surface area contributed by atoms with Gasteiger partial charge in [-0.15, -0.1) is 22.7 Å². The van der Waals surface area contributed by atoms with E-state index in [1.807, 2.05) is 11.4 Å². The molecule has 7 nitrogen and oxygen atoms in total. The van der Waals surface area contributed by atoms with Crippen LogP contribution in [0.5, 0.6) is 0 Å². The number of rotatable bonds is 5. The van der Waals surface area contributed by atoms with Gasteiger partial charge in [0, 0.05) is 11.3 Å². The van der Waals surface area contributed by atoms with Crippen molar-refractivity contribution in [2.24, 2.45) is 0 Å². The van der Waals surface area contributed by atoms with Crippen LogP contribution in [0, 0.1) is 0 Å². The summed E-state index contributed by atoms with van der Waals surface area (Å²) in [5, 5.41) is 2.94. The molecule has 3 aromatic heterocycles. The Bertz CT molecular complexity index is 951. The molecule has 0 atom stereocenters. The molecule has 3 heterocycles. The molecular formula is C15H13N3O4S3. The lowest BCUT2D eigenvalue weighted by Gasteiger charge is -2.06. The predicted octanol–water partition coefficient (Wildman–Crippen LogP) is 3.20. The Morgan fingerprint density at radius 1 is 1.24 bits per heavy atom. The number of aromatic nitrogens is 2. The Morgan fingerprint density at radius 2 is 2.00 bits per heavy atom. The minimum atomic E-state index is -0.580. The van der Waals surface area contributed by atoms with Gasteiger partial charge in [0.2, 0.25) is 0 Å². The Hall–Kier alpha value is -2.17. The number of carbonyl (C=O) groups excluding carboxylic acids is 2. The van der Waals surface area contributed by atoms with E-state index in [9.17, 15) is 9.59 Å². The van der Waals surface area contributed by atoms with Crippen LogP contribution < -0.4 is 5.73 Å². The monoisotopic (exact) mass is 395 g/mol. The number of nitrogens with two attached hydrogens (primary N) is 1. The van der Waals surface area contributed by atoms with Gasteiger partial charge >= 0.3 is 11.9 Å². The van der Waals surface area contributed by atoms with Crippen molar-refractivity contribution < 1.29 is 19.1 Å². The van der Waals surface area contributed by atoms with E-state index in [1.165, 1.54) is 43.6 Å². The summed E-state index contributed by atoms with van der Waals surface area (Å²) in [4.78, 5) is 32.9. The van der Waals surface area contributed by atoms with E-state index in [-0.39, 0.29) is 10.6 Å². The van der Waals surface area contributed by atoms with Crippen LogP contribution in [0.4, 0.5) is 5.00 Å². The Labute approximate surface area is 155 Å². The van der Waals surface area contributed by atoms with Crippen LogP contribution in [0.2, 0.25) is 0 Å². The van der Waals surface area contributed by atoms with E-state index in [0.717, 1.165) is 26.6 Å². The highest BCUT2D eigenvalue weighted by atomic mass is 32.2. The first kappa shape index (κ1) is 17.6. The smallest absolute Gasteiger partial charge is 0.348 e. The lowest BCUT2D eigenvalue weighted by atomic mass is 10.1. The largest absolute Gasteiger partial charge is 0.465 e. The number of fused-ring (bicyclic) bond motifs is 1. The molecule has 0 aliphatic carbocycles. The number of thiophene rings is 2. The van der Waals surface area contributed by atoms with E-state index in [0.29, 0.717) is 16.2 Å². The molecule has 0 amide bonds. The molecule has 0 saturated heterocycles. The first-order chi connectivity index (χ1) is 12.1. The van der Waals surface area contributed by atoms with Gasteiger partial charge in [0.15, 0.2) is 0 Å². The fraction of sp³-hybridized carbons (Fsp3) is 0.200. The summed E-state index contributed by atoms with van der Waals surface area (Å²) in [6.07, 6.45) is 1.49. The maximum Gasteiger partial charge on any atom is 0.348 e. The summed E-state index contributed by atoms with van der Waals surface area (Å²) >= 11 is 3.95. The third-order valence-corrected chi connectivity index (χ3v) is 6.46. The second-order valence-corrected chi connectivity index (χ2v) is 7.67.